The Bertz CT molecular complexity index is 1290. The highest BCUT2D eigenvalue weighted by Gasteiger charge is 2.15. The molecule has 2 aromatic heterocycles. The lowest BCUT2D eigenvalue weighted by molar-refractivity contribution is -0.510. The van der Waals surface area contributed by atoms with Gasteiger partial charge >= 0.3 is 0 Å². The third kappa shape index (κ3) is 4.91. The molecule has 4 rings (SSSR count). The van der Waals surface area contributed by atoms with Gasteiger partial charge in [0.05, 0.1) is 18.1 Å². The predicted molar refractivity (Wildman–Crippen MR) is 119 cm³/mol. The largest absolute Gasteiger partial charge is 0.744 e. The van der Waals surface area contributed by atoms with Crippen LogP contribution in [0.25, 0.3) is 16.9 Å². The zero-order valence-corrected chi connectivity index (χ0v) is 18.2. The molecule has 6 nitrogen and oxygen atoms in total. The van der Waals surface area contributed by atoms with Crippen LogP contribution in [0, 0.1) is 6.92 Å². The Morgan fingerprint density at radius 3 is 2.20 bits per heavy atom. The molecule has 0 aliphatic carbocycles. The lowest BCUT2D eigenvalue weighted by Crippen LogP contribution is -2.17. The van der Waals surface area contributed by atoms with Crippen LogP contribution in [-0.2, 0) is 17.2 Å². The number of nitrogens with two attached hydrogens (primary N) is 1. The van der Waals surface area contributed by atoms with Gasteiger partial charge < -0.3 is 10.3 Å². The van der Waals surface area contributed by atoms with E-state index in [4.69, 9.17) is 18.0 Å². The Morgan fingerprint density at radius 2 is 1.67 bits per heavy atom. The molecule has 0 radical (unpaired) electrons. The number of fused-ring (bicyclic) bond motifs is 1. The van der Waals surface area contributed by atoms with Crippen LogP contribution in [0.3, 0.4) is 0 Å². The normalized spacial score (nSPS) is 11.0. The smallest absolute Gasteiger partial charge is 0.286 e. The third-order valence-electron chi connectivity index (χ3n) is 4.61. The average molecular weight is 440 g/mol. The van der Waals surface area contributed by atoms with Gasteiger partial charge in [-0.15, -0.1) is 0 Å². The number of aryl methyl sites for hydroxylation is 2. The topological polar surface area (TPSA) is 92.2 Å². The molecule has 8 heteroatoms. The number of thiocarbonyl (C=S) groups is 1. The van der Waals surface area contributed by atoms with Crippen LogP contribution in [0.15, 0.2) is 84.0 Å². The summed E-state index contributed by atoms with van der Waals surface area (Å²) in [6.07, 6.45) is 4.16. The van der Waals surface area contributed by atoms with Crippen molar-refractivity contribution in [2.75, 3.05) is 0 Å². The van der Waals surface area contributed by atoms with Crippen molar-refractivity contribution in [3.8, 4) is 11.3 Å². The Morgan fingerprint density at radius 1 is 1.03 bits per heavy atom. The molecule has 0 unspecified atom stereocenters. The van der Waals surface area contributed by atoms with Gasteiger partial charge in [-0.25, -0.2) is 17.4 Å². The van der Waals surface area contributed by atoms with E-state index in [2.05, 4.69) is 28.3 Å². The molecule has 154 valence electrons. The molecule has 4 aromatic rings. The molecule has 0 fully saturated rings. The lowest BCUT2D eigenvalue weighted by atomic mass is 10.1. The zero-order valence-electron chi connectivity index (χ0n) is 16.5. The van der Waals surface area contributed by atoms with Crippen molar-refractivity contribution in [2.24, 2.45) is 12.8 Å². The van der Waals surface area contributed by atoms with Crippen molar-refractivity contribution in [1.29, 1.82) is 0 Å². The lowest BCUT2D eigenvalue weighted by Gasteiger charge is -2.05. The molecule has 0 atom stereocenters. The van der Waals surface area contributed by atoms with E-state index in [9.17, 15) is 13.0 Å². The molecular formula is C22H21N3O3S2. The van der Waals surface area contributed by atoms with E-state index in [1.54, 1.807) is 12.1 Å². The molecule has 2 aromatic carbocycles. The van der Waals surface area contributed by atoms with E-state index >= 15 is 0 Å². The van der Waals surface area contributed by atoms with Gasteiger partial charge in [0.1, 0.15) is 21.3 Å². The standard InChI is InChI=1S/C15H13N3S.C7H8O3S/c1-17-13(10-18-9-3-2-4-14(17)18)11-5-7-12(8-6-11)15(16)19;1-6-2-4-7(5-3-6)11(8,9)10/h2-10H,1H3,(H-,16,19);2-5H,1H3,(H,8,9,10). The van der Waals surface area contributed by atoms with Crippen LogP contribution >= 0.6 is 12.2 Å². The van der Waals surface area contributed by atoms with Crippen LogP contribution < -0.4 is 10.1 Å². The van der Waals surface area contributed by atoms with Gasteiger partial charge in [0, 0.05) is 17.2 Å². The van der Waals surface area contributed by atoms with E-state index in [1.807, 2.05) is 49.5 Å². The van der Waals surface area contributed by atoms with Gasteiger partial charge in [-0.3, -0.25) is 0 Å². The summed E-state index contributed by atoms with van der Waals surface area (Å²) in [5.41, 5.74) is 10.9. The third-order valence-corrected chi connectivity index (χ3v) is 5.69. The van der Waals surface area contributed by atoms with Gasteiger partial charge in [-0.2, -0.15) is 0 Å². The molecule has 0 bridgehead atoms. The molecule has 30 heavy (non-hydrogen) atoms. The molecule has 0 saturated heterocycles. The minimum Gasteiger partial charge on any atom is -0.744 e. The SMILES string of the molecule is Cc1ccc(S(=O)(=O)[O-])cc1.Cn1c(-c2ccc(C(N)=S)cc2)c[n+]2ccccc12. The monoisotopic (exact) mass is 439 g/mol. The highest BCUT2D eigenvalue weighted by Crippen LogP contribution is 2.20. The Balaban J connectivity index is 0.000000199. The fourth-order valence-electron chi connectivity index (χ4n) is 2.96. The Kier molecular flexibility index (Phi) is 6.31. The second-order valence-corrected chi connectivity index (χ2v) is 8.57. The second-order valence-electron chi connectivity index (χ2n) is 6.75. The first-order valence-electron chi connectivity index (χ1n) is 9.05. The van der Waals surface area contributed by atoms with Gasteiger partial charge in [0.2, 0.25) is 0 Å². The van der Waals surface area contributed by atoms with Crippen molar-refractivity contribution in [3.63, 3.8) is 0 Å². The minimum atomic E-state index is -4.27. The van der Waals surface area contributed by atoms with Crippen LogP contribution in [0.1, 0.15) is 11.1 Å². The van der Waals surface area contributed by atoms with Crippen molar-refractivity contribution in [2.45, 2.75) is 11.8 Å². The van der Waals surface area contributed by atoms with Crippen LogP contribution in [0.4, 0.5) is 0 Å². The van der Waals surface area contributed by atoms with Gasteiger partial charge in [0.15, 0.2) is 5.69 Å². The summed E-state index contributed by atoms with van der Waals surface area (Å²) in [6, 6.07) is 19.9. The molecule has 0 saturated carbocycles. The maximum Gasteiger partial charge on any atom is 0.286 e. The molecule has 0 amide bonds. The molecule has 2 N–H and O–H groups in total. The number of pyridine rings is 1. The van der Waals surface area contributed by atoms with E-state index < -0.39 is 10.1 Å². The summed E-state index contributed by atoms with van der Waals surface area (Å²) < 4.78 is 35.4. The summed E-state index contributed by atoms with van der Waals surface area (Å²) in [5, 5.41) is 0. The number of imidazole rings is 1. The fourth-order valence-corrected chi connectivity index (χ4v) is 3.57. The van der Waals surface area contributed by atoms with Crippen LogP contribution in [0.2, 0.25) is 0 Å². The second kappa shape index (κ2) is 8.74. The number of rotatable bonds is 3. The molecule has 0 aliphatic rings. The number of hydrogen-bond donors (Lipinski definition) is 1. The highest BCUT2D eigenvalue weighted by molar-refractivity contribution is 7.85. The molecular weight excluding hydrogens is 418 g/mol. The predicted octanol–water partition coefficient (Wildman–Crippen LogP) is 2.96. The van der Waals surface area contributed by atoms with E-state index in [1.165, 1.54) is 12.1 Å². The summed E-state index contributed by atoms with van der Waals surface area (Å²) in [4.78, 5) is 0.251. The summed E-state index contributed by atoms with van der Waals surface area (Å²) in [5.74, 6) is 0. The number of nitrogens with zero attached hydrogens (tertiary/aromatic N) is 2. The van der Waals surface area contributed by atoms with E-state index in [0.29, 0.717) is 4.99 Å². The van der Waals surface area contributed by atoms with E-state index in [0.717, 1.165) is 28.0 Å². The van der Waals surface area contributed by atoms with Gasteiger partial charge in [-0.1, -0.05) is 48.1 Å². The minimum absolute atomic E-state index is 0.178. The van der Waals surface area contributed by atoms with Crippen LogP contribution in [0.5, 0.6) is 0 Å². The molecule has 0 spiro atoms. The first kappa shape index (κ1) is 21.6. The Labute approximate surface area is 181 Å². The first-order valence-corrected chi connectivity index (χ1v) is 10.9. The Hall–Kier alpha value is -3.07. The number of hydrogen-bond acceptors (Lipinski definition) is 4. The highest BCUT2D eigenvalue weighted by atomic mass is 32.2. The number of aromatic nitrogens is 2. The van der Waals surface area contributed by atoms with Crippen molar-refractivity contribution in [3.05, 3.63) is 90.3 Å². The zero-order chi connectivity index (χ0) is 21.9. The van der Waals surface area contributed by atoms with Crippen LogP contribution in [-0.4, -0.2) is 22.5 Å². The average Bonchev–Trinajstić information content (AvgIpc) is 3.05. The van der Waals surface area contributed by atoms with Gasteiger partial charge in [0.25, 0.3) is 5.65 Å². The summed E-state index contributed by atoms with van der Waals surface area (Å²) >= 11 is 4.97. The van der Waals surface area contributed by atoms with Crippen molar-refractivity contribution >= 4 is 33.0 Å². The van der Waals surface area contributed by atoms with Crippen molar-refractivity contribution in [1.82, 2.24) is 4.57 Å². The summed E-state index contributed by atoms with van der Waals surface area (Å²) in [7, 11) is -2.21. The fraction of sp³-hybridized carbons (Fsp3) is 0.0909. The molecule has 0 aliphatic heterocycles. The van der Waals surface area contributed by atoms with E-state index in [-0.39, 0.29) is 4.90 Å². The first-order chi connectivity index (χ1) is 14.2. The number of benzene rings is 2. The maximum absolute atomic E-state index is 10.4. The molecule has 2 heterocycles. The van der Waals surface area contributed by atoms with Crippen molar-refractivity contribution < 1.29 is 17.4 Å². The van der Waals surface area contributed by atoms with Gasteiger partial charge in [-0.05, 0) is 37.3 Å². The maximum atomic E-state index is 10.4. The quantitative estimate of drug-likeness (QED) is 0.301. The summed E-state index contributed by atoms with van der Waals surface area (Å²) in [6.45, 7) is 1.82.